The summed E-state index contributed by atoms with van der Waals surface area (Å²) >= 11 is 6.42. The molecule has 3 rings (SSSR count). The maximum atomic E-state index is 12.4. The molecule has 0 unspecified atom stereocenters. The molecule has 0 aromatic heterocycles. The van der Waals surface area contributed by atoms with Crippen molar-refractivity contribution in [2.24, 2.45) is 0 Å². The first-order valence-corrected chi connectivity index (χ1v) is 9.43. The Morgan fingerprint density at radius 3 is 2.50 bits per heavy atom. The van der Waals surface area contributed by atoms with Gasteiger partial charge in [0.05, 0.1) is 19.6 Å². The lowest BCUT2D eigenvalue weighted by atomic mass is 10.0. The average Bonchev–Trinajstić information content (AvgIpc) is 3.18. The third kappa shape index (κ3) is 4.77. The molecule has 1 fully saturated rings. The second-order valence-electron chi connectivity index (χ2n) is 6.61. The summed E-state index contributed by atoms with van der Waals surface area (Å²) < 4.78 is 5.15. The molecule has 0 bridgehead atoms. The van der Waals surface area contributed by atoms with Crippen molar-refractivity contribution in [3.05, 3.63) is 64.7 Å². The Kier molecular flexibility index (Phi) is 6.53. The normalized spacial score (nSPS) is 15.6. The number of nitrogens with zero attached hydrogens (tertiary/aromatic N) is 1. The van der Waals surface area contributed by atoms with Gasteiger partial charge >= 0.3 is 0 Å². The summed E-state index contributed by atoms with van der Waals surface area (Å²) in [7, 11) is 1.63. The Hall–Kier alpha value is -2.04. The Bertz CT molecular complexity index is 727. The summed E-state index contributed by atoms with van der Waals surface area (Å²) in [6.07, 6.45) is 2.75. The van der Waals surface area contributed by atoms with Crippen LogP contribution in [0, 0.1) is 0 Å². The lowest BCUT2D eigenvalue weighted by Gasteiger charge is -2.29. The van der Waals surface area contributed by atoms with E-state index >= 15 is 0 Å². The van der Waals surface area contributed by atoms with Gasteiger partial charge in [-0.1, -0.05) is 41.9 Å². The average molecular weight is 373 g/mol. The van der Waals surface area contributed by atoms with Crippen molar-refractivity contribution in [2.75, 3.05) is 26.7 Å². The minimum Gasteiger partial charge on any atom is -0.497 e. The molecule has 1 N–H and O–H groups in total. The van der Waals surface area contributed by atoms with E-state index < -0.39 is 0 Å². The van der Waals surface area contributed by atoms with Crippen LogP contribution in [0.4, 0.5) is 0 Å². The lowest BCUT2D eigenvalue weighted by molar-refractivity contribution is -0.120. The van der Waals surface area contributed by atoms with Crippen molar-refractivity contribution in [2.45, 2.75) is 25.3 Å². The third-order valence-electron chi connectivity index (χ3n) is 4.86. The number of rotatable bonds is 7. The quantitative estimate of drug-likeness (QED) is 0.802. The predicted octanol–water partition coefficient (Wildman–Crippen LogP) is 3.84. The van der Waals surface area contributed by atoms with Crippen LogP contribution in [0.3, 0.4) is 0 Å². The van der Waals surface area contributed by atoms with Crippen LogP contribution in [-0.2, 0) is 11.2 Å². The van der Waals surface area contributed by atoms with Gasteiger partial charge in [0, 0.05) is 11.6 Å². The number of benzene rings is 2. The highest BCUT2D eigenvalue weighted by Gasteiger charge is 2.25. The van der Waals surface area contributed by atoms with Gasteiger partial charge in [0.2, 0.25) is 5.91 Å². The summed E-state index contributed by atoms with van der Waals surface area (Å²) in [4.78, 5) is 14.8. The van der Waals surface area contributed by atoms with E-state index in [1.807, 2.05) is 42.5 Å². The molecule has 5 heteroatoms. The van der Waals surface area contributed by atoms with Crippen molar-refractivity contribution in [3.63, 3.8) is 0 Å². The molecule has 0 spiro atoms. The van der Waals surface area contributed by atoms with Crippen LogP contribution in [0.25, 0.3) is 0 Å². The number of hydrogen-bond donors (Lipinski definition) is 1. The summed E-state index contributed by atoms with van der Waals surface area (Å²) in [6, 6.07) is 15.6. The fourth-order valence-corrected chi connectivity index (χ4v) is 3.70. The van der Waals surface area contributed by atoms with Gasteiger partial charge in [0.15, 0.2) is 0 Å². The van der Waals surface area contributed by atoms with Crippen LogP contribution in [0.2, 0.25) is 5.02 Å². The van der Waals surface area contributed by atoms with Crippen LogP contribution in [0.15, 0.2) is 48.5 Å². The highest BCUT2D eigenvalue weighted by Crippen LogP contribution is 2.29. The fraction of sp³-hybridized carbons (Fsp3) is 0.381. The van der Waals surface area contributed by atoms with E-state index in [1.54, 1.807) is 7.11 Å². The van der Waals surface area contributed by atoms with Crippen molar-refractivity contribution in [1.82, 2.24) is 10.2 Å². The molecule has 1 saturated heterocycles. The molecule has 0 saturated carbocycles. The largest absolute Gasteiger partial charge is 0.497 e. The molecule has 1 aliphatic rings. The van der Waals surface area contributed by atoms with Crippen LogP contribution in [-0.4, -0.2) is 37.6 Å². The number of hydrogen-bond acceptors (Lipinski definition) is 3. The molecule has 138 valence electrons. The second-order valence-corrected chi connectivity index (χ2v) is 7.02. The van der Waals surface area contributed by atoms with Crippen LogP contribution in [0.1, 0.15) is 30.0 Å². The number of halogens is 1. The number of ether oxygens (including phenoxy) is 1. The number of likely N-dealkylation sites (tertiary alicyclic amines) is 1. The van der Waals surface area contributed by atoms with Crippen LogP contribution < -0.4 is 10.1 Å². The lowest BCUT2D eigenvalue weighted by Crippen LogP contribution is -2.37. The van der Waals surface area contributed by atoms with Gasteiger partial charge in [-0.05, 0) is 55.3 Å². The van der Waals surface area contributed by atoms with Gasteiger partial charge in [-0.3, -0.25) is 9.69 Å². The standard InChI is InChI=1S/C21H25ClN2O2/c1-26-17-10-8-16(9-11-17)14-21(25)23-15-20(24-12-4-5-13-24)18-6-2-3-7-19(18)22/h2-3,6-11,20H,4-5,12-15H2,1H3,(H,23,25)/t20-/m0/s1. The molecular weight excluding hydrogens is 348 g/mol. The van der Waals surface area contributed by atoms with Crippen LogP contribution >= 0.6 is 11.6 Å². The summed E-state index contributed by atoms with van der Waals surface area (Å²) in [5.41, 5.74) is 2.06. The van der Waals surface area contributed by atoms with Crippen molar-refractivity contribution in [3.8, 4) is 5.75 Å². The fourth-order valence-electron chi connectivity index (χ4n) is 3.44. The molecule has 1 atom stereocenters. The van der Waals surface area contributed by atoms with Gasteiger partial charge < -0.3 is 10.1 Å². The zero-order chi connectivity index (χ0) is 18.4. The first kappa shape index (κ1) is 18.7. The molecule has 1 heterocycles. The number of nitrogens with one attached hydrogen (secondary N) is 1. The molecule has 2 aromatic rings. The smallest absolute Gasteiger partial charge is 0.224 e. The zero-order valence-electron chi connectivity index (χ0n) is 15.1. The van der Waals surface area contributed by atoms with Gasteiger partial charge in [-0.25, -0.2) is 0 Å². The monoisotopic (exact) mass is 372 g/mol. The number of methoxy groups -OCH3 is 1. The summed E-state index contributed by atoms with van der Waals surface area (Å²) in [5.74, 6) is 0.813. The Morgan fingerprint density at radius 2 is 1.85 bits per heavy atom. The molecule has 0 aliphatic carbocycles. The van der Waals surface area contributed by atoms with Gasteiger partial charge in [-0.2, -0.15) is 0 Å². The number of amides is 1. The summed E-state index contributed by atoms with van der Waals surface area (Å²) in [6.45, 7) is 2.66. The molecule has 1 amide bonds. The Balaban J connectivity index is 1.63. The first-order valence-electron chi connectivity index (χ1n) is 9.05. The van der Waals surface area contributed by atoms with Crippen molar-refractivity contribution < 1.29 is 9.53 Å². The predicted molar refractivity (Wildman–Crippen MR) is 105 cm³/mol. The van der Waals surface area contributed by atoms with E-state index in [4.69, 9.17) is 16.3 Å². The van der Waals surface area contributed by atoms with Crippen molar-refractivity contribution >= 4 is 17.5 Å². The molecule has 0 radical (unpaired) electrons. The maximum absolute atomic E-state index is 12.4. The minimum absolute atomic E-state index is 0.0198. The maximum Gasteiger partial charge on any atom is 0.224 e. The summed E-state index contributed by atoms with van der Waals surface area (Å²) in [5, 5.41) is 3.85. The van der Waals surface area contributed by atoms with E-state index in [0.717, 1.165) is 35.0 Å². The van der Waals surface area contributed by atoms with E-state index in [-0.39, 0.29) is 11.9 Å². The van der Waals surface area contributed by atoms with E-state index in [9.17, 15) is 4.79 Å². The van der Waals surface area contributed by atoms with Gasteiger partial charge in [0.25, 0.3) is 0 Å². The topological polar surface area (TPSA) is 41.6 Å². The van der Waals surface area contributed by atoms with Gasteiger partial charge in [-0.15, -0.1) is 0 Å². The van der Waals surface area contributed by atoms with Crippen molar-refractivity contribution in [1.29, 1.82) is 0 Å². The highest BCUT2D eigenvalue weighted by molar-refractivity contribution is 6.31. The molecule has 1 aliphatic heterocycles. The highest BCUT2D eigenvalue weighted by atomic mass is 35.5. The third-order valence-corrected chi connectivity index (χ3v) is 5.21. The Morgan fingerprint density at radius 1 is 1.15 bits per heavy atom. The van der Waals surface area contributed by atoms with E-state index in [2.05, 4.69) is 16.3 Å². The second kappa shape index (κ2) is 9.06. The zero-order valence-corrected chi connectivity index (χ0v) is 15.8. The molecule has 26 heavy (non-hydrogen) atoms. The Labute approximate surface area is 160 Å². The minimum atomic E-state index is 0.0198. The molecular formula is C21H25ClN2O2. The molecule has 2 aromatic carbocycles. The number of carbonyl (C=O) groups is 1. The first-order chi connectivity index (χ1) is 12.7. The number of carbonyl (C=O) groups excluding carboxylic acids is 1. The SMILES string of the molecule is COc1ccc(CC(=O)NC[C@@H](c2ccccc2Cl)N2CCCC2)cc1. The van der Waals surface area contributed by atoms with Crippen LogP contribution in [0.5, 0.6) is 5.75 Å². The molecule has 4 nitrogen and oxygen atoms in total. The van der Waals surface area contributed by atoms with E-state index in [0.29, 0.717) is 13.0 Å². The van der Waals surface area contributed by atoms with E-state index in [1.165, 1.54) is 12.8 Å². The van der Waals surface area contributed by atoms with Gasteiger partial charge in [0.1, 0.15) is 5.75 Å².